The second-order valence-electron chi connectivity index (χ2n) is 4.00. The van der Waals surface area contributed by atoms with Gasteiger partial charge in [0.2, 0.25) is 0 Å². The SMILES string of the molecule is C=Cc1cc(-c2ccc(C)cc2)ccc1N=C. The van der Waals surface area contributed by atoms with Gasteiger partial charge in [-0.15, -0.1) is 0 Å². The molecule has 0 atom stereocenters. The highest BCUT2D eigenvalue weighted by Crippen LogP contribution is 2.27. The topological polar surface area (TPSA) is 12.4 Å². The second-order valence-corrected chi connectivity index (χ2v) is 4.00. The van der Waals surface area contributed by atoms with Gasteiger partial charge in [-0.3, -0.25) is 4.99 Å². The van der Waals surface area contributed by atoms with Crippen LogP contribution in [0.3, 0.4) is 0 Å². The summed E-state index contributed by atoms with van der Waals surface area (Å²) in [5, 5.41) is 0. The van der Waals surface area contributed by atoms with Crippen molar-refractivity contribution in [2.45, 2.75) is 6.92 Å². The van der Waals surface area contributed by atoms with Crippen LogP contribution in [0.5, 0.6) is 0 Å². The fourth-order valence-corrected chi connectivity index (χ4v) is 1.79. The molecule has 84 valence electrons. The standard InChI is InChI=1S/C16H15N/c1-4-13-11-15(9-10-16(13)17-3)14-7-5-12(2)6-8-14/h4-11H,1,3H2,2H3. The number of rotatable bonds is 3. The molecule has 2 rings (SSSR count). The maximum absolute atomic E-state index is 3.97. The van der Waals surface area contributed by atoms with Crippen molar-refractivity contribution in [2.75, 3.05) is 0 Å². The van der Waals surface area contributed by atoms with Crippen LogP contribution in [0.4, 0.5) is 5.69 Å². The van der Waals surface area contributed by atoms with Crippen molar-refractivity contribution >= 4 is 18.5 Å². The van der Waals surface area contributed by atoms with E-state index in [2.05, 4.69) is 61.6 Å². The molecule has 0 aliphatic rings. The highest BCUT2D eigenvalue weighted by molar-refractivity contribution is 5.74. The number of hydrogen-bond donors (Lipinski definition) is 0. The quantitative estimate of drug-likeness (QED) is 0.670. The van der Waals surface area contributed by atoms with Crippen LogP contribution < -0.4 is 0 Å². The van der Waals surface area contributed by atoms with E-state index in [1.165, 1.54) is 16.7 Å². The second kappa shape index (κ2) is 4.79. The minimum Gasteiger partial charge on any atom is -0.264 e. The molecule has 0 N–H and O–H groups in total. The molecular weight excluding hydrogens is 206 g/mol. The lowest BCUT2D eigenvalue weighted by Gasteiger charge is -2.06. The van der Waals surface area contributed by atoms with E-state index in [1.807, 2.05) is 12.1 Å². The van der Waals surface area contributed by atoms with E-state index in [9.17, 15) is 0 Å². The number of nitrogens with zero attached hydrogens (tertiary/aromatic N) is 1. The van der Waals surface area contributed by atoms with E-state index in [-0.39, 0.29) is 0 Å². The van der Waals surface area contributed by atoms with E-state index in [0.29, 0.717) is 0 Å². The van der Waals surface area contributed by atoms with Crippen LogP contribution in [-0.4, -0.2) is 6.72 Å². The summed E-state index contributed by atoms with van der Waals surface area (Å²) in [5.41, 5.74) is 5.53. The maximum Gasteiger partial charge on any atom is 0.0694 e. The Kier molecular flexibility index (Phi) is 3.20. The molecule has 0 aromatic heterocycles. The van der Waals surface area contributed by atoms with E-state index in [4.69, 9.17) is 0 Å². The van der Waals surface area contributed by atoms with Crippen LogP contribution in [0.1, 0.15) is 11.1 Å². The van der Waals surface area contributed by atoms with Crippen LogP contribution in [0.15, 0.2) is 54.0 Å². The van der Waals surface area contributed by atoms with Crippen molar-refractivity contribution in [3.8, 4) is 11.1 Å². The monoisotopic (exact) mass is 221 g/mol. The Morgan fingerprint density at radius 1 is 1.00 bits per heavy atom. The molecule has 1 heteroatoms. The highest BCUT2D eigenvalue weighted by atomic mass is 14.7. The maximum atomic E-state index is 3.97. The summed E-state index contributed by atoms with van der Waals surface area (Å²) in [7, 11) is 0. The van der Waals surface area contributed by atoms with Crippen molar-refractivity contribution in [3.63, 3.8) is 0 Å². The van der Waals surface area contributed by atoms with Crippen molar-refractivity contribution < 1.29 is 0 Å². The summed E-state index contributed by atoms with van der Waals surface area (Å²) in [5.74, 6) is 0. The fraction of sp³-hybridized carbons (Fsp3) is 0.0625. The third-order valence-electron chi connectivity index (χ3n) is 2.80. The Morgan fingerprint density at radius 3 is 2.24 bits per heavy atom. The lowest BCUT2D eigenvalue weighted by atomic mass is 10.0. The average molecular weight is 221 g/mol. The molecule has 2 aromatic carbocycles. The van der Waals surface area contributed by atoms with Gasteiger partial charge in [-0.25, -0.2) is 0 Å². The van der Waals surface area contributed by atoms with Gasteiger partial charge in [-0.2, -0.15) is 0 Å². The van der Waals surface area contributed by atoms with Gasteiger partial charge < -0.3 is 0 Å². The molecule has 0 saturated carbocycles. The zero-order chi connectivity index (χ0) is 12.3. The van der Waals surface area contributed by atoms with Crippen molar-refractivity contribution in [2.24, 2.45) is 4.99 Å². The first-order valence-corrected chi connectivity index (χ1v) is 5.55. The van der Waals surface area contributed by atoms with Gasteiger partial charge in [-0.05, 0) is 36.9 Å². The van der Waals surface area contributed by atoms with Gasteiger partial charge in [-0.1, -0.05) is 48.6 Å². The molecule has 0 unspecified atom stereocenters. The highest BCUT2D eigenvalue weighted by Gasteiger charge is 2.01. The van der Waals surface area contributed by atoms with Crippen LogP contribution in [-0.2, 0) is 0 Å². The average Bonchev–Trinajstić information content (AvgIpc) is 2.39. The lowest BCUT2D eigenvalue weighted by Crippen LogP contribution is -1.81. The number of aryl methyl sites for hydroxylation is 1. The summed E-state index contributed by atoms with van der Waals surface area (Å²) >= 11 is 0. The van der Waals surface area contributed by atoms with Crippen LogP contribution in [0.25, 0.3) is 17.2 Å². The minimum absolute atomic E-state index is 0.871. The molecule has 0 heterocycles. The fourth-order valence-electron chi connectivity index (χ4n) is 1.79. The minimum atomic E-state index is 0.871. The molecule has 0 saturated heterocycles. The van der Waals surface area contributed by atoms with E-state index >= 15 is 0 Å². The normalized spacial score (nSPS) is 9.94. The molecule has 0 radical (unpaired) electrons. The van der Waals surface area contributed by atoms with Gasteiger partial charge in [0.25, 0.3) is 0 Å². The molecule has 1 nitrogen and oxygen atoms in total. The van der Waals surface area contributed by atoms with E-state index in [1.54, 1.807) is 0 Å². The molecular formula is C16H15N. The van der Waals surface area contributed by atoms with Crippen LogP contribution in [0, 0.1) is 6.92 Å². The number of hydrogen-bond acceptors (Lipinski definition) is 1. The van der Waals surface area contributed by atoms with Crippen LogP contribution >= 0.6 is 0 Å². The first-order chi connectivity index (χ1) is 8.24. The van der Waals surface area contributed by atoms with Crippen molar-refractivity contribution in [3.05, 3.63) is 60.2 Å². The summed E-state index contributed by atoms with van der Waals surface area (Å²) in [6.45, 7) is 9.44. The van der Waals surface area contributed by atoms with Crippen molar-refractivity contribution in [1.29, 1.82) is 0 Å². The van der Waals surface area contributed by atoms with E-state index < -0.39 is 0 Å². The third kappa shape index (κ3) is 2.34. The summed E-state index contributed by atoms with van der Waals surface area (Å²) < 4.78 is 0. The first kappa shape index (κ1) is 11.3. The molecule has 2 aromatic rings. The molecule has 0 spiro atoms. The Bertz CT molecular complexity index is 550. The smallest absolute Gasteiger partial charge is 0.0694 e. The number of benzene rings is 2. The zero-order valence-corrected chi connectivity index (χ0v) is 9.98. The molecule has 0 aliphatic heterocycles. The molecule has 0 bridgehead atoms. The molecule has 0 aliphatic carbocycles. The Hall–Kier alpha value is -2.15. The largest absolute Gasteiger partial charge is 0.264 e. The van der Waals surface area contributed by atoms with E-state index in [0.717, 1.165) is 11.3 Å². The predicted octanol–water partition coefficient (Wildman–Crippen LogP) is 4.64. The van der Waals surface area contributed by atoms with Gasteiger partial charge in [0.1, 0.15) is 0 Å². The lowest BCUT2D eigenvalue weighted by molar-refractivity contribution is 1.46. The van der Waals surface area contributed by atoms with Gasteiger partial charge in [0.05, 0.1) is 5.69 Å². The molecule has 0 fully saturated rings. The number of aliphatic imine (C=N–C) groups is 1. The van der Waals surface area contributed by atoms with Gasteiger partial charge in [0, 0.05) is 5.56 Å². The zero-order valence-electron chi connectivity index (χ0n) is 9.98. The van der Waals surface area contributed by atoms with Crippen LogP contribution in [0.2, 0.25) is 0 Å². The van der Waals surface area contributed by atoms with Gasteiger partial charge >= 0.3 is 0 Å². The summed E-state index contributed by atoms with van der Waals surface area (Å²) in [6.07, 6.45) is 1.81. The predicted molar refractivity (Wildman–Crippen MR) is 75.9 cm³/mol. The third-order valence-corrected chi connectivity index (χ3v) is 2.80. The Labute approximate surface area is 102 Å². The first-order valence-electron chi connectivity index (χ1n) is 5.55. The Balaban J connectivity index is 2.49. The summed E-state index contributed by atoms with van der Waals surface area (Å²) in [4.78, 5) is 3.97. The summed E-state index contributed by atoms with van der Waals surface area (Å²) in [6, 6.07) is 14.6. The van der Waals surface area contributed by atoms with Crippen molar-refractivity contribution in [1.82, 2.24) is 0 Å². The Morgan fingerprint density at radius 2 is 1.65 bits per heavy atom. The van der Waals surface area contributed by atoms with Gasteiger partial charge in [0.15, 0.2) is 0 Å². The molecule has 0 amide bonds. The molecule has 17 heavy (non-hydrogen) atoms.